The van der Waals surface area contributed by atoms with Gasteiger partial charge in [-0.3, -0.25) is 0 Å². The minimum Gasteiger partial charge on any atom is -0.444 e. The van der Waals surface area contributed by atoms with Crippen LogP contribution in [-0.4, -0.2) is 60.4 Å². The number of benzene rings is 1. The maximum atomic E-state index is 12.4. The van der Waals surface area contributed by atoms with Crippen LogP contribution in [0.1, 0.15) is 26.3 Å². The molecule has 2 amide bonds. The highest BCUT2D eigenvalue weighted by Crippen LogP contribution is 2.21. The third-order valence-corrected chi connectivity index (χ3v) is 4.02. The number of hydrogen-bond acceptors (Lipinski definition) is 8. The molecule has 29 heavy (non-hydrogen) atoms. The van der Waals surface area contributed by atoms with Crippen molar-refractivity contribution in [2.24, 2.45) is 0 Å². The Kier molecular flexibility index (Phi) is 6.23. The van der Waals surface area contributed by atoms with Gasteiger partial charge in [-0.2, -0.15) is 0 Å². The van der Waals surface area contributed by atoms with E-state index in [1.54, 1.807) is 20.8 Å². The molecule has 0 bridgehead atoms. The van der Waals surface area contributed by atoms with Gasteiger partial charge in [-0.25, -0.2) is 14.4 Å². The van der Waals surface area contributed by atoms with E-state index in [1.165, 1.54) is 0 Å². The van der Waals surface area contributed by atoms with Gasteiger partial charge in [-0.1, -0.05) is 30.3 Å². The quantitative estimate of drug-likeness (QED) is 0.757. The summed E-state index contributed by atoms with van der Waals surface area (Å²) in [4.78, 5) is 41.2. The molecule has 3 atom stereocenters. The molecule has 0 saturated carbocycles. The number of carbonyl (C=O) groups excluding carboxylic acids is 3. The molecule has 2 aliphatic heterocycles. The Balaban J connectivity index is 1.51. The zero-order valence-electron chi connectivity index (χ0n) is 16.5. The Morgan fingerprint density at radius 3 is 2.55 bits per heavy atom. The lowest BCUT2D eigenvalue weighted by Gasteiger charge is -2.36. The van der Waals surface area contributed by atoms with Crippen LogP contribution < -0.4 is 5.32 Å². The van der Waals surface area contributed by atoms with Crippen molar-refractivity contribution < 1.29 is 38.2 Å². The summed E-state index contributed by atoms with van der Waals surface area (Å²) >= 11 is 0. The number of nitrogens with zero attached hydrogens (tertiary/aromatic N) is 1. The maximum Gasteiger partial charge on any atom is 0.446 e. The summed E-state index contributed by atoms with van der Waals surface area (Å²) in [6.07, 6.45) is -3.46. The summed E-state index contributed by atoms with van der Waals surface area (Å²) in [5.74, 6) is -0.843. The summed E-state index contributed by atoms with van der Waals surface area (Å²) in [5, 5.41) is 3.28. The molecule has 0 aromatic heterocycles. The highest BCUT2D eigenvalue weighted by Gasteiger charge is 2.45. The summed E-state index contributed by atoms with van der Waals surface area (Å²) in [5.41, 5.74) is 0.218. The molecule has 0 unspecified atom stereocenters. The van der Waals surface area contributed by atoms with Crippen molar-refractivity contribution >= 4 is 18.2 Å². The van der Waals surface area contributed by atoms with Crippen LogP contribution in [0, 0.1) is 0 Å². The standard InChI is InChI=1S/C19H24N2O8/c1-19(2,3)28-17(23)20-13-10-26-15(13)16(22)29-21-14(11-27-18(21)24)25-9-12-7-5-4-6-8-12/h4-8,13-15H,9-11H2,1-3H3,(H,20,23)/t13-,14-,15+/m0/s1. The van der Waals surface area contributed by atoms with Crippen molar-refractivity contribution in [2.75, 3.05) is 13.2 Å². The van der Waals surface area contributed by atoms with Crippen LogP contribution in [0.5, 0.6) is 0 Å². The fourth-order valence-corrected chi connectivity index (χ4v) is 2.62. The Morgan fingerprint density at radius 1 is 1.21 bits per heavy atom. The van der Waals surface area contributed by atoms with Gasteiger partial charge in [0.1, 0.15) is 12.2 Å². The Hall–Kier alpha value is -2.85. The van der Waals surface area contributed by atoms with Crippen molar-refractivity contribution in [1.29, 1.82) is 0 Å². The largest absolute Gasteiger partial charge is 0.446 e. The van der Waals surface area contributed by atoms with Crippen molar-refractivity contribution in [3.8, 4) is 0 Å². The van der Waals surface area contributed by atoms with E-state index in [-0.39, 0.29) is 19.8 Å². The zero-order valence-corrected chi connectivity index (χ0v) is 16.5. The first kappa shape index (κ1) is 20.9. The molecule has 158 valence electrons. The first-order chi connectivity index (χ1) is 13.7. The van der Waals surface area contributed by atoms with Crippen LogP contribution in [0.2, 0.25) is 0 Å². The smallest absolute Gasteiger partial charge is 0.444 e. The number of nitrogens with one attached hydrogen (secondary N) is 1. The van der Waals surface area contributed by atoms with E-state index in [0.29, 0.717) is 0 Å². The van der Waals surface area contributed by atoms with Crippen LogP contribution in [-0.2, 0) is 35.2 Å². The lowest BCUT2D eigenvalue weighted by molar-refractivity contribution is -0.230. The summed E-state index contributed by atoms with van der Waals surface area (Å²) in [7, 11) is 0. The molecule has 1 aromatic rings. The molecule has 0 aliphatic carbocycles. The molecule has 10 heteroatoms. The predicted molar refractivity (Wildman–Crippen MR) is 97.2 cm³/mol. The van der Waals surface area contributed by atoms with Gasteiger partial charge in [0, 0.05) is 0 Å². The van der Waals surface area contributed by atoms with Gasteiger partial charge < -0.3 is 29.1 Å². The van der Waals surface area contributed by atoms with Crippen molar-refractivity contribution in [3.05, 3.63) is 35.9 Å². The van der Waals surface area contributed by atoms with Gasteiger partial charge in [0.05, 0.1) is 19.3 Å². The molecular formula is C19H24N2O8. The molecular weight excluding hydrogens is 384 g/mol. The Morgan fingerprint density at radius 2 is 1.93 bits per heavy atom. The second-order valence-electron chi connectivity index (χ2n) is 7.57. The van der Waals surface area contributed by atoms with Crippen molar-refractivity contribution in [3.63, 3.8) is 0 Å². The Labute approximate surface area is 167 Å². The van der Waals surface area contributed by atoms with E-state index in [4.69, 9.17) is 23.8 Å². The molecule has 0 spiro atoms. The van der Waals surface area contributed by atoms with Crippen LogP contribution >= 0.6 is 0 Å². The van der Waals surface area contributed by atoms with Gasteiger partial charge in [-0.15, -0.1) is 5.06 Å². The van der Waals surface area contributed by atoms with Gasteiger partial charge >= 0.3 is 18.2 Å². The third kappa shape index (κ3) is 5.58. The topological polar surface area (TPSA) is 113 Å². The van der Waals surface area contributed by atoms with Gasteiger partial charge in [0.15, 0.2) is 6.10 Å². The summed E-state index contributed by atoms with van der Waals surface area (Å²) in [6.45, 7) is 5.43. The lowest BCUT2D eigenvalue weighted by atomic mass is 10.1. The van der Waals surface area contributed by atoms with E-state index >= 15 is 0 Å². The van der Waals surface area contributed by atoms with E-state index in [1.807, 2.05) is 30.3 Å². The van der Waals surface area contributed by atoms with Crippen LogP contribution in [0.25, 0.3) is 0 Å². The summed E-state index contributed by atoms with van der Waals surface area (Å²) in [6, 6.07) is 8.70. The van der Waals surface area contributed by atoms with Gasteiger partial charge in [-0.05, 0) is 26.3 Å². The van der Waals surface area contributed by atoms with Crippen molar-refractivity contribution in [1.82, 2.24) is 10.4 Å². The summed E-state index contributed by atoms with van der Waals surface area (Å²) < 4.78 is 20.9. The predicted octanol–water partition coefficient (Wildman–Crippen LogP) is 1.73. The molecule has 2 heterocycles. The molecule has 0 radical (unpaired) electrons. The molecule has 2 saturated heterocycles. The van der Waals surface area contributed by atoms with E-state index in [9.17, 15) is 14.4 Å². The number of amides is 2. The fourth-order valence-electron chi connectivity index (χ4n) is 2.62. The van der Waals surface area contributed by atoms with E-state index in [0.717, 1.165) is 10.6 Å². The lowest BCUT2D eigenvalue weighted by Crippen LogP contribution is -2.61. The first-order valence-electron chi connectivity index (χ1n) is 9.17. The first-order valence-corrected chi connectivity index (χ1v) is 9.17. The second-order valence-corrected chi connectivity index (χ2v) is 7.57. The minimum absolute atomic E-state index is 0.0793. The van der Waals surface area contributed by atoms with E-state index in [2.05, 4.69) is 5.32 Å². The minimum atomic E-state index is -1.06. The monoisotopic (exact) mass is 408 g/mol. The number of hydrogen-bond donors (Lipinski definition) is 1. The number of ether oxygens (including phenoxy) is 4. The third-order valence-electron chi connectivity index (χ3n) is 4.02. The number of alkyl carbamates (subject to hydrolysis) is 1. The maximum absolute atomic E-state index is 12.4. The van der Waals surface area contributed by atoms with Gasteiger partial charge in [0.2, 0.25) is 6.23 Å². The molecule has 2 fully saturated rings. The normalized spacial score (nSPS) is 23.8. The molecule has 10 nitrogen and oxygen atoms in total. The number of carbonyl (C=O) groups is 3. The van der Waals surface area contributed by atoms with Crippen LogP contribution in [0.15, 0.2) is 30.3 Å². The molecule has 2 aliphatic rings. The number of cyclic esters (lactones) is 1. The molecule has 1 N–H and O–H groups in total. The fraction of sp³-hybridized carbons (Fsp3) is 0.526. The SMILES string of the molecule is CC(C)(C)OC(=O)N[C@H]1CO[C@H]1C(=O)ON1C(=O)OC[C@@H]1OCc1ccccc1. The van der Waals surface area contributed by atoms with Crippen molar-refractivity contribution in [2.45, 2.75) is 51.4 Å². The average Bonchev–Trinajstić information content (AvgIpc) is 2.96. The van der Waals surface area contributed by atoms with Gasteiger partial charge in [0.25, 0.3) is 0 Å². The molecule has 1 aromatic carbocycles. The highest BCUT2D eigenvalue weighted by molar-refractivity contribution is 5.80. The number of rotatable bonds is 6. The zero-order chi connectivity index (χ0) is 21.0. The average molecular weight is 408 g/mol. The van der Waals surface area contributed by atoms with Crippen LogP contribution in [0.4, 0.5) is 9.59 Å². The Bertz CT molecular complexity index is 748. The van der Waals surface area contributed by atoms with Crippen LogP contribution in [0.3, 0.4) is 0 Å². The van der Waals surface area contributed by atoms with E-state index < -0.39 is 42.1 Å². The molecule has 3 rings (SSSR count). The number of hydroxylamine groups is 2. The second kappa shape index (κ2) is 8.66. The highest BCUT2D eigenvalue weighted by atomic mass is 16.8.